The first-order valence-corrected chi connectivity index (χ1v) is 9.54. The van der Waals surface area contributed by atoms with Gasteiger partial charge in [0.25, 0.3) is 5.69 Å². The summed E-state index contributed by atoms with van der Waals surface area (Å²) in [5.74, 6) is 0.402. The molecule has 1 heterocycles. The Morgan fingerprint density at radius 1 is 1.03 bits per heavy atom. The van der Waals surface area contributed by atoms with E-state index in [2.05, 4.69) is 42.1 Å². The second-order valence-corrected chi connectivity index (χ2v) is 6.98. The number of anilines is 1. The molecular weight excluding hydrogens is 456 g/mol. The lowest BCUT2D eigenvalue weighted by atomic mass is 10.3. The van der Waals surface area contributed by atoms with Gasteiger partial charge in [0.15, 0.2) is 10.9 Å². The van der Waals surface area contributed by atoms with E-state index in [1.54, 1.807) is 30.5 Å². The molecule has 0 bridgehead atoms. The van der Waals surface area contributed by atoms with E-state index in [9.17, 15) is 10.1 Å². The Labute approximate surface area is 180 Å². The van der Waals surface area contributed by atoms with Crippen molar-refractivity contribution in [2.75, 3.05) is 5.32 Å². The summed E-state index contributed by atoms with van der Waals surface area (Å²) >= 11 is 8.68. The van der Waals surface area contributed by atoms with Crippen LogP contribution in [0.5, 0.6) is 0 Å². The van der Waals surface area contributed by atoms with E-state index in [1.165, 1.54) is 12.1 Å². The van der Waals surface area contributed by atoms with E-state index in [1.807, 2.05) is 30.3 Å². The van der Waals surface area contributed by atoms with Crippen LogP contribution in [-0.2, 0) is 0 Å². The third kappa shape index (κ3) is 6.06. The Morgan fingerprint density at radius 3 is 2.38 bits per heavy atom. The number of pyridine rings is 1. The van der Waals surface area contributed by atoms with Crippen LogP contribution in [0.3, 0.4) is 0 Å². The molecule has 3 N–H and O–H groups in total. The quantitative estimate of drug-likeness (QED) is 0.171. The van der Waals surface area contributed by atoms with Crippen molar-refractivity contribution in [1.29, 1.82) is 0 Å². The molecule has 0 unspecified atom stereocenters. The van der Waals surface area contributed by atoms with E-state index in [0.29, 0.717) is 22.3 Å². The first-order valence-electron chi connectivity index (χ1n) is 8.34. The summed E-state index contributed by atoms with van der Waals surface area (Å²) in [6, 6.07) is 18.8. The van der Waals surface area contributed by atoms with Gasteiger partial charge in [0.1, 0.15) is 5.69 Å². The predicted octanol–water partition coefficient (Wildman–Crippen LogP) is 4.32. The fourth-order valence-corrected chi connectivity index (χ4v) is 2.67. The fraction of sp³-hybridized carbons (Fsp3) is 0. The molecule has 0 radical (unpaired) electrons. The van der Waals surface area contributed by atoms with E-state index < -0.39 is 4.92 Å². The monoisotopic (exact) mass is 470 g/mol. The number of hydrazine groups is 1. The number of hydrogen-bond acceptors (Lipinski definition) is 5. The molecule has 2 aromatic carbocycles. The number of aromatic nitrogens is 1. The summed E-state index contributed by atoms with van der Waals surface area (Å²) in [5.41, 5.74) is 7.73. The number of amidine groups is 1. The van der Waals surface area contributed by atoms with Crippen LogP contribution in [-0.4, -0.2) is 20.9 Å². The van der Waals surface area contributed by atoms with Crippen LogP contribution in [0.15, 0.2) is 82.4 Å². The molecule has 0 aliphatic heterocycles. The first kappa shape index (κ1) is 20.4. The molecule has 3 aromatic rings. The minimum atomic E-state index is -0.459. The van der Waals surface area contributed by atoms with Crippen LogP contribution in [0.1, 0.15) is 5.69 Å². The van der Waals surface area contributed by atoms with Gasteiger partial charge in [-0.05, 0) is 60.7 Å². The number of nitro benzene ring substituents is 1. The van der Waals surface area contributed by atoms with Gasteiger partial charge in [-0.3, -0.25) is 25.9 Å². The Hall–Kier alpha value is -3.37. The summed E-state index contributed by atoms with van der Waals surface area (Å²) in [6.45, 7) is 0. The summed E-state index contributed by atoms with van der Waals surface area (Å²) < 4.78 is 0.965. The maximum atomic E-state index is 10.8. The number of benzene rings is 2. The third-order valence-electron chi connectivity index (χ3n) is 3.61. The van der Waals surface area contributed by atoms with E-state index in [0.717, 1.165) is 10.2 Å². The minimum Gasteiger partial charge on any atom is -0.331 e. The van der Waals surface area contributed by atoms with Crippen LogP contribution in [0.25, 0.3) is 0 Å². The molecule has 1 aromatic heterocycles. The molecule has 0 amide bonds. The van der Waals surface area contributed by atoms with E-state index >= 15 is 0 Å². The van der Waals surface area contributed by atoms with E-state index in [-0.39, 0.29) is 5.69 Å². The van der Waals surface area contributed by atoms with Gasteiger partial charge in [0.2, 0.25) is 0 Å². The zero-order chi connectivity index (χ0) is 20.6. The number of rotatable bonds is 4. The first-order chi connectivity index (χ1) is 14.0. The predicted molar refractivity (Wildman–Crippen MR) is 120 cm³/mol. The lowest BCUT2D eigenvalue weighted by molar-refractivity contribution is -0.384. The average molecular weight is 471 g/mol. The van der Waals surface area contributed by atoms with Gasteiger partial charge in [-0.25, -0.2) is 4.99 Å². The van der Waals surface area contributed by atoms with Crippen molar-refractivity contribution < 1.29 is 4.92 Å². The highest BCUT2D eigenvalue weighted by atomic mass is 79.9. The highest BCUT2D eigenvalue weighted by molar-refractivity contribution is 9.10. The van der Waals surface area contributed by atoms with Crippen molar-refractivity contribution in [1.82, 2.24) is 15.8 Å². The molecule has 0 atom stereocenters. The Morgan fingerprint density at radius 2 is 1.76 bits per heavy atom. The number of thiocarbonyl (C=S) groups is 1. The molecule has 0 aliphatic rings. The van der Waals surface area contributed by atoms with E-state index in [4.69, 9.17) is 12.2 Å². The zero-order valence-electron chi connectivity index (χ0n) is 14.9. The minimum absolute atomic E-state index is 0.00528. The van der Waals surface area contributed by atoms with Crippen molar-refractivity contribution >= 4 is 56.2 Å². The molecule has 146 valence electrons. The van der Waals surface area contributed by atoms with Gasteiger partial charge in [-0.2, -0.15) is 0 Å². The number of nitrogens with zero attached hydrogens (tertiary/aromatic N) is 3. The molecule has 3 rings (SSSR count). The Kier molecular flexibility index (Phi) is 6.82. The lowest BCUT2D eigenvalue weighted by Crippen LogP contribution is -2.44. The van der Waals surface area contributed by atoms with Crippen molar-refractivity contribution in [2.24, 2.45) is 4.99 Å². The van der Waals surface area contributed by atoms with Gasteiger partial charge in [-0.15, -0.1) is 0 Å². The van der Waals surface area contributed by atoms with Gasteiger partial charge >= 0.3 is 0 Å². The standard InChI is InChI=1S/C19H15BrN6O2S/c20-13-4-6-15(7-5-13)23-19(29)25-24-18(17-3-1-2-12-21-17)22-14-8-10-16(11-9-14)26(27)28/h1-12H,(H,22,24)(H2,23,25,29). The van der Waals surface area contributed by atoms with Crippen LogP contribution in [0.4, 0.5) is 17.1 Å². The summed E-state index contributed by atoms with van der Waals surface area (Å²) in [5, 5.41) is 14.2. The highest BCUT2D eigenvalue weighted by Gasteiger charge is 2.08. The number of nitrogens with one attached hydrogen (secondary N) is 3. The largest absolute Gasteiger partial charge is 0.331 e. The molecule has 29 heavy (non-hydrogen) atoms. The van der Waals surface area contributed by atoms with Crippen LogP contribution < -0.4 is 16.2 Å². The summed E-state index contributed by atoms with van der Waals surface area (Å²) in [6.07, 6.45) is 1.64. The number of hydrogen-bond donors (Lipinski definition) is 3. The van der Waals surface area contributed by atoms with Gasteiger partial charge in [-0.1, -0.05) is 22.0 Å². The summed E-state index contributed by atoms with van der Waals surface area (Å²) in [7, 11) is 0. The average Bonchev–Trinajstić information content (AvgIpc) is 2.73. The van der Waals surface area contributed by atoms with Crippen LogP contribution in [0.2, 0.25) is 0 Å². The number of halogens is 1. The van der Waals surface area contributed by atoms with Crippen molar-refractivity contribution in [3.8, 4) is 0 Å². The second kappa shape index (κ2) is 9.71. The van der Waals surface area contributed by atoms with Gasteiger partial charge in [0.05, 0.1) is 10.6 Å². The zero-order valence-corrected chi connectivity index (χ0v) is 17.3. The highest BCUT2D eigenvalue weighted by Crippen LogP contribution is 2.18. The fourth-order valence-electron chi connectivity index (χ4n) is 2.24. The maximum Gasteiger partial charge on any atom is 0.269 e. The Bertz CT molecular complexity index is 1030. The van der Waals surface area contributed by atoms with Gasteiger partial charge < -0.3 is 5.32 Å². The SMILES string of the molecule is O=[N+]([O-])c1ccc(N=C(NNC(=S)Nc2ccc(Br)cc2)c2ccccn2)cc1. The molecular formula is C19H15BrN6O2S. The summed E-state index contributed by atoms with van der Waals surface area (Å²) in [4.78, 5) is 19.1. The molecule has 0 fully saturated rings. The van der Waals surface area contributed by atoms with Gasteiger partial charge in [0, 0.05) is 28.5 Å². The molecule has 0 aliphatic carbocycles. The maximum absolute atomic E-state index is 10.8. The Balaban J connectivity index is 1.74. The number of non-ortho nitro benzene ring substituents is 1. The van der Waals surface area contributed by atoms with Crippen molar-refractivity contribution in [3.05, 3.63) is 93.2 Å². The topological polar surface area (TPSA) is 104 Å². The molecule has 0 saturated heterocycles. The van der Waals surface area contributed by atoms with Crippen molar-refractivity contribution in [3.63, 3.8) is 0 Å². The molecule has 8 nitrogen and oxygen atoms in total. The molecule has 0 spiro atoms. The number of nitro groups is 1. The third-order valence-corrected chi connectivity index (χ3v) is 4.34. The van der Waals surface area contributed by atoms with Crippen LogP contribution in [0, 0.1) is 10.1 Å². The normalized spacial score (nSPS) is 10.9. The molecule has 10 heteroatoms. The smallest absolute Gasteiger partial charge is 0.269 e. The molecule has 0 saturated carbocycles. The lowest BCUT2D eigenvalue weighted by Gasteiger charge is -2.14. The van der Waals surface area contributed by atoms with Crippen molar-refractivity contribution in [2.45, 2.75) is 0 Å². The second-order valence-electron chi connectivity index (χ2n) is 5.66. The van der Waals surface area contributed by atoms with Crippen LogP contribution >= 0.6 is 28.1 Å². The number of aliphatic imine (C=N–C) groups is 1.